The van der Waals surface area contributed by atoms with Gasteiger partial charge in [-0.25, -0.2) is 4.79 Å². The van der Waals surface area contributed by atoms with Crippen LogP contribution in [0.1, 0.15) is 26.3 Å². The summed E-state index contributed by atoms with van der Waals surface area (Å²) in [4.78, 5) is 20.9. The number of carbonyl (C=O) groups is 1. The zero-order chi connectivity index (χ0) is 19.4. The third kappa shape index (κ3) is 5.28. The fourth-order valence-electron chi connectivity index (χ4n) is 3.19. The molecule has 2 aliphatic heterocycles. The zero-order valence-corrected chi connectivity index (χ0v) is 16.7. The highest BCUT2D eigenvalue weighted by atomic mass is 16.6. The largest absolute Gasteiger partial charge is 0.492 e. The number of aliphatic imine (C=N–C) groups is 1. The maximum absolute atomic E-state index is 12.3. The van der Waals surface area contributed by atoms with Crippen LogP contribution in [-0.4, -0.2) is 72.8 Å². The van der Waals surface area contributed by atoms with Crippen LogP contribution in [0.25, 0.3) is 0 Å². The van der Waals surface area contributed by atoms with Crippen LogP contribution in [0.3, 0.4) is 0 Å². The molecule has 3 rings (SSSR count). The van der Waals surface area contributed by atoms with E-state index in [9.17, 15) is 4.79 Å². The SMILES string of the molecule is Cc1ccc(OCCNC2=NCC3CN(C(=O)OC(C)(C)C)CCN23)cc1. The molecule has 0 saturated carbocycles. The number of rotatable bonds is 4. The Morgan fingerprint density at radius 3 is 2.70 bits per heavy atom. The normalized spacial score (nSPS) is 19.4. The van der Waals surface area contributed by atoms with Gasteiger partial charge >= 0.3 is 6.09 Å². The predicted octanol–water partition coefficient (Wildman–Crippen LogP) is 2.25. The Balaban J connectivity index is 1.41. The lowest BCUT2D eigenvalue weighted by molar-refractivity contribution is 0.0137. The number of benzene rings is 1. The molecule has 7 heteroatoms. The summed E-state index contributed by atoms with van der Waals surface area (Å²) in [5.41, 5.74) is 0.752. The van der Waals surface area contributed by atoms with E-state index in [2.05, 4.69) is 22.1 Å². The number of amides is 1. The van der Waals surface area contributed by atoms with Crippen molar-refractivity contribution in [2.24, 2.45) is 4.99 Å². The van der Waals surface area contributed by atoms with Crippen LogP contribution in [0.2, 0.25) is 0 Å². The van der Waals surface area contributed by atoms with E-state index in [1.807, 2.05) is 45.0 Å². The first-order chi connectivity index (χ1) is 12.8. The third-order valence-electron chi connectivity index (χ3n) is 4.53. The van der Waals surface area contributed by atoms with Gasteiger partial charge in [0.25, 0.3) is 0 Å². The van der Waals surface area contributed by atoms with Gasteiger partial charge in [0.1, 0.15) is 18.0 Å². The number of piperazine rings is 1. The molecule has 0 radical (unpaired) electrons. The number of carbonyl (C=O) groups excluding carboxylic acids is 1. The maximum Gasteiger partial charge on any atom is 0.410 e. The molecule has 1 amide bonds. The second-order valence-electron chi connectivity index (χ2n) is 8.03. The highest BCUT2D eigenvalue weighted by Gasteiger charge is 2.36. The standard InChI is InChI=1S/C20H30N4O3/c1-15-5-7-17(8-6-15)26-12-9-21-18-22-13-16-14-23(10-11-24(16)18)19(25)27-20(2,3)4/h5-8,16H,9-14H2,1-4H3,(H,21,22). The minimum Gasteiger partial charge on any atom is -0.492 e. The van der Waals surface area contributed by atoms with Crippen LogP contribution in [0.4, 0.5) is 4.79 Å². The smallest absolute Gasteiger partial charge is 0.410 e. The summed E-state index contributed by atoms with van der Waals surface area (Å²) in [5, 5.41) is 3.36. The van der Waals surface area contributed by atoms with Crippen LogP contribution in [0.15, 0.2) is 29.3 Å². The third-order valence-corrected chi connectivity index (χ3v) is 4.53. The molecule has 1 aromatic carbocycles. The van der Waals surface area contributed by atoms with Crippen molar-refractivity contribution in [1.29, 1.82) is 0 Å². The number of aryl methyl sites for hydroxylation is 1. The summed E-state index contributed by atoms with van der Waals surface area (Å²) in [6.45, 7) is 11.7. The van der Waals surface area contributed by atoms with E-state index >= 15 is 0 Å². The van der Waals surface area contributed by atoms with Gasteiger partial charge in [-0.2, -0.15) is 0 Å². The van der Waals surface area contributed by atoms with Crippen molar-refractivity contribution in [3.8, 4) is 5.75 Å². The first-order valence-electron chi connectivity index (χ1n) is 9.54. The molecule has 7 nitrogen and oxygen atoms in total. The molecule has 1 aromatic rings. The Morgan fingerprint density at radius 1 is 1.26 bits per heavy atom. The van der Waals surface area contributed by atoms with Crippen molar-refractivity contribution in [3.05, 3.63) is 29.8 Å². The van der Waals surface area contributed by atoms with E-state index in [-0.39, 0.29) is 12.1 Å². The van der Waals surface area contributed by atoms with E-state index in [1.165, 1.54) is 5.56 Å². The van der Waals surface area contributed by atoms with Gasteiger partial charge in [0.05, 0.1) is 19.1 Å². The fourth-order valence-corrected chi connectivity index (χ4v) is 3.19. The van der Waals surface area contributed by atoms with Gasteiger partial charge in [-0.1, -0.05) is 17.7 Å². The molecule has 1 fully saturated rings. The average molecular weight is 374 g/mol. The predicted molar refractivity (Wildman–Crippen MR) is 105 cm³/mol. The monoisotopic (exact) mass is 374 g/mol. The van der Waals surface area contributed by atoms with Crippen molar-refractivity contribution < 1.29 is 14.3 Å². The molecule has 0 aliphatic carbocycles. The van der Waals surface area contributed by atoms with Crippen LogP contribution in [0, 0.1) is 6.92 Å². The Hall–Kier alpha value is -2.44. The molecule has 0 spiro atoms. The van der Waals surface area contributed by atoms with Gasteiger partial charge in [-0.3, -0.25) is 4.99 Å². The van der Waals surface area contributed by atoms with E-state index < -0.39 is 5.60 Å². The lowest BCUT2D eigenvalue weighted by atomic mass is 10.2. The zero-order valence-electron chi connectivity index (χ0n) is 16.7. The second kappa shape index (κ2) is 8.06. The van der Waals surface area contributed by atoms with Gasteiger partial charge in [-0.05, 0) is 39.8 Å². The summed E-state index contributed by atoms with van der Waals surface area (Å²) < 4.78 is 11.2. The van der Waals surface area contributed by atoms with Crippen molar-refractivity contribution in [1.82, 2.24) is 15.1 Å². The van der Waals surface area contributed by atoms with Crippen LogP contribution >= 0.6 is 0 Å². The molecule has 2 aliphatic rings. The van der Waals surface area contributed by atoms with E-state index in [4.69, 9.17) is 9.47 Å². The molecule has 1 saturated heterocycles. The van der Waals surface area contributed by atoms with Crippen molar-refractivity contribution in [2.75, 3.05) is 39.3 Å². The Labute approximate surface area is 161 Å². The van der Waals surface area contributed by atoms with Crippen molar-refractivity contribution in [3.63, 3.8) is 0 Å². The number of fused-ring (bicyclic) bond motifs is 1. The summed E-state index contributed by atoms with van der Waals surface area (Å²) in [6.07, 6.45) is -0.241. The van der Waals surface area contributed by atoms with Gasteiger partial charge in [-0.15, -0.1) is 0 Å². The van der Waals surface area contributed by atoms with Gasteiger partial charge in [0.2, 0.25) is 0 Å². The average Bonchev–Trinajstić information content (AvgIpc) is 3.01. The molecule has 27 heavy (non-hydrogen) atoms. The van der Waals surface area contributed by atoms with Crippen molar-refractivity contribution >= 4 is 12.1 Å². The highest BCUT2D eigenvalue weighted by Crippen LogP contribution is 2.18. The van der Waals surface area contributed by atoms with Crippen molar-refractivity contribution in [2.45, 2.75) is 39.3 Å². The van der Waals surface area contributed by atoms with E-state index in [0.717, 1.165) is 18.3 Å². The first-order valence-corrected chi connectivity index (χ1v) is 9.54. The van der Waals surface area contributed by atoms with Crippen LogP contribution in [0.5, 0.6) is 5.75 Å². The molecule has 0 aromatic heterocycles. The number of hydrogen-bond donors (Lipinski definition) is 1. The molecule has 1 atom stereocenters. The van der Waals surface area contributed by atoms with Gasteiger partial charge < -0.3 is 24.6 Å². The quantitative estimate of drug-likeness (QED) is 0.819. The minimum absolute atomic E-state index is 0.215. The Kier molecular flexibility index (Phi) is 5.77. The lowest BCUT2D eigenvalue weighted by Crippen LogP contribution is -2.57. The molecular weight excluding hydrogens is 344 g/mol. The summed E-state index contributed by atoms with van der Waals surface area (Å²) in [7, 11) is 0. The maximum atomic E-state index is 12.3. The number of nitrogens with one attached hydrogen (secondary N) is 1. The molecule has 1 unspecified atom stereocenters. The fraction of sp³-hybridized carbons (Fsp3) is 0.600. The number of hydrogen-bond acceptors (Lipinski definition) is 6. The van der Waals surface area contributed by atoms with Gasteiger partial charge in [0, 0.05) is 19.6 Å². The topological polar surface area (TPSA) is 66.4 Å². The number of ether oxygens (including phenoxy) is 2. The molecule has 148 valence electrons. The van der Waals surface area contributed by atoms with E-state index in [0.29, 0.717) is 32.8 Å². The van der Waals surface area contributed by atoms with Crippen LogP contribution < -0.4 is 10.1 Å². The van der Waals surface area contributed by atoms with Gasteiger partial charge in [0.15, 0.2) is 5.96 Å². The Morgan fingerprint density at radius 2 is 2.00 bits per heavy atom. The minimum atomic E-state index is -0.468. The second-order valence-corrected chi connectivity index (χ2v) is 8.03. The summed E-state index contributed by atoms with van der Waals surface area (Å²) in [5.74, 6) is 1.77. The Bertz CT molecular complexity index is 681. The molecule has 0 bridgehead atoms. The number of guanidine groups is 1. The highest BCUT2D eigenvalue weighted by molar-refractivity contribution is 5.82. The summed E-state index contributed by atoms with van der Waals surface area (Å²) >= 11 is 0. The lowest BCUT2D eigenvalue weighted by Gasteiger charge is -2.39. The first kappa shape index (κ1) is 19.3. The summed E-state index contributed by atoms with van der Waals surface area (Å²) in [6, 6.07) is 8.26. The molecule has 1 N–H and O–H groups in total. The van der Waals surface area contributed by atoms with Crippen LogP contribution in [-0.2, 0) is 4.74 Å². The molecule has 2 heterocycles. The van der Waals surface area contributed by atoms with E-state index in [1.54, 1.807) is 4.90 Å². The molecular formula is C20H30N4O3. The number of nitrogens with zero attached hydrogens (tertiary/aromatic N) is 3.